The van der Waals surface area contributed by atoms with Crippen molar-refractivity contribution in [3.05, 3.63) is 0 Å². The molecule has 76 valence electrons. The average Bonchev–Trinajstić information content (AvgIpc) is 2.19. The third-order valence-corrected chi connectivity index (χ3v) is 3.10. The normalized spacial score (nSPS) is 18.5. The predicted octanol–water partition coefficient (Wildman–Crippen LogP) is 0.508. The summed E-state index contributed by atoms with van der Waals surface area (Å²) in [6, 6.07) is 0. The summed E-state index contributed by atoms with van der Waals surface area (Å²) in [5.74, 6) is 2.34. The van der Waals surface area contributed by atoms with Gasteiger partial charge in [0.2, 0.25) is 0 Å². The van der Waals surface area contributed by atoms with Crippen molar-refractivity contribution >= 4 is 30.4 Å². The van der Waals surface area contributed by atoms with Crippen molar-refractivity contribution in [2.75, 3.05) is 43.5 Å². The van der Waals surface area contributed by atoms with E-state index < -0.39 is 0 Å². The highest BCUT2D eigenvalue weighted by atomic mass is 32.2. The van der Waals surface area contributed by atoms with Crippen molar-refractivity contribution in [1.82, 2.24) is 4.90 Å². The second kappa shape index (κ2) is 6.56. The number of hydrogen-bond acceptors (Lipinski definition) is 5. The van der Waals surface area contributed by atoms with E-state index in [2.05, 4.69) is 17.5 Å². The molecule has 0 atom stereocenters. The molecule has 1 fully saturated rings. The molecule has 13 heavy (non-hydrogen) atoms. The zero-order valence-electron chi connectivity index (χ0n) is 7.57. The molecule has 0 aromatic heterocycles. The van der Waals surface area contributed by atoms with Gasteiger partial charge in [0.15, 0.2) is 0 Å². The molecule has 0 aromatic carbocycles. The molecular formula is C8H15NO2S2. The summed E-state index contributed by atoms with van der Waals surface area (Å²) in [4.78, 5) is 13.1. The number of hydrogen-bond donors (Lipinski definition) is 1. The monoisotopic (exact) mass is 221 g/mol. The maximum Gasteiger partial charge on any atom is 0.315 e. The molecule has 0 bridgehead atoms. The zero-order valence-corrected chi connectivity index (χ0v) is 9.28. The molecule has 0 spiro atoms. The smallest absolute Gasteiger partial charge is 0.315 e. The predicted molar refractivity (Wildman–Crippen MR) is 58.6 cm³/mol. The van der Waals surface area contributed by atoms with Crippen molar-refractivity contribution in [3.8, 4) is 0 Å². The first kappa shape index (κ1) is 11.2. The molecular weight excluding hydrogens is 206 g/mol. The summed E-state index contributed by atoms with van der Waals surface area (Å²) in [7, 11) is 0. The van der Waals surface area contributed by atoms with E-state index in [9.17, 15) is 4.79 Å². The molecule has 1 heterocycles. The second-order valence-electron chi connectivity index (χ2n) is 2.83. The third-order valence-electron chi connectivity index (χ3n) is 1.90. The van der Waals surface area contributed by atoms with Crippen LogP contribution in [0, 0.1) is 0 Å². The molecule has 3 nitrogen and oxygen atoms in total. The average molecular weight is 221 g/mol. The van der Waals surface area contributed by atoms with Gasteiger partial charge in [-0.05, 0) is 0 Å². The fourth-order valence-electron chi connectivity index (χ4n) is 1.16. The minimum absolute atomic E-state index is 0.176. The minimum Gasteiger partial charge on any atom is -0.464 e. The van der Waals surface area contributed by atoms with Crippen LogP contribution in [0.2, 0.25) is 0 Å². The van der Waals surface area contributed by atoms with Crippen LogP contribution in [0.5, 0.6) is 0 Å². The lowest BCUT2D eigenvalue weighted by molar-refractivity contribution is -0.140. The Morgan fingerprint density at radius 2 is 2.15 bits per heavy atom. The molecule has 0 unspecified atom stereocenters. The standard InChI is InChI=1S/C8H15NO2S2/c10-8(7-12)11-4-1-9-2-5-13-6-3-9/h12H,1-7H2. The van der Waals surface area contributed by atoms with Crippen molar-refractivity contribution < 1.29 is 9.53 Å². The van der Waals surface area contributed by atoms with E-state index in [-0.39, 0.29) is 11.7 Å². The van der Waals surface area contributed by atoms with E-state index in [0.717, 1.165) is 19.6 Å². The van der Waals surface area contributed by atoms with E-state index in [0.29, 0.717) is 6.61 Å². The number of carbonyl (C=O) groups excluding carboxylic acids is 1. The van der Waals surface area contributed by atoms with Gasteiger partial charge in [0.25, 0.3) is 0 Å². The molecule has 1 saturated heterocycles. The highest BCUT2D eigenvalue weighted by Gasteiger charge is 2.10. The van der Waals surface area contributed by atoms with Crippen LogP contribution in [0.1, 0.15) is 0 Å². The molecule has 0 radical (unpaired) electrons. The lowest BCUT2D eigenvalue weighted by atomic mass is 10.5. The van der Waals surface area contributed by atoms with Crippen LogP contribution in [-0.2, 0) is 9.53 Å². The van der Waals surface area contributed by atoms with E-state index in [1.54, 1.807) is 0 Å². The van der Waals surface area contributed by atoms with Crippen LogP contribution in [0.4, 0.5) is 0 Å². The number of carbonyl (C=O) groups is 1. The van der Waals surface area contributed by atoms with Crippen LogP contribution in [0.25, 0.3) is 0 Å². The first-order chi connectivity index (χ1) is 6.33. The highest BCUT2D eigenvalue weighted by Crippen LogP contribution is 2.08. The van der Waals surface area contributed by atoms with Gasteiger partial charge in [0, 0.05) is 31.1 Å². The van der Waals surface area contributed by atoms with E-state index >= 15 is 0 Å². The highest BCUT2D eigenvalue weighted by molar-refractivity contribution is 7.99. The van der Waals surface area contributed by atoms with Gasteiger partial charge in [-0.3, -0.25) is 9.69 Å². The summed E-state index contributed by atoms with van der Waals surface area (Å²) < 4.78 is 4.93. The molecule has 0 aliphatic carbocycles. The summed E-state index contributed by atoms with van der Waals surface area (Å²) in [6.07, 6.45) is 0. The number of thioether (sulfide) groups is 1. The first-order valence-corrected chi connectivity index (χ1v) is 6.18. The lowest BCUT2D eigenvalue weighted by Crippen LogP contribution is -2.35. The van der Waals surface area contributed by atoms with E-state index in [4.69, 9.17) is 4.74 Å². The van der Waals surface area contributed by atoms with Crippen molar-refractivity contribution in [2.45, 2.75) is 0 Å². The molecule has 0 N–H and O–H groups in total. The van der Waals surface area contributed by atoms with Gasteiger partial charge < -0.3 is 4.74 Å². The Balaban J connectivity index is 2.01. The van der Waals surface area contributed by atoms with Crippen LogP contribution in [-0.4, -0.2) is 54.4 Å². The van der Waals surface area contributed by atoms with Gasteiger partial charge in [0.05, 0.1) is 5.75 Å². The Morgan fingerprint density at radius 3 is 2.77 bits per heavy atom. The van der Waals surface area contributed by atoms with E-state index in [1.807, 2.05) is 11.8 Å². The fraction of sp³-hybridized carbons (Fsp3) is 0.875. The van der Waals surface area contributed by atoms with Gasteiger partial charge in [-0.25, -0.2) is 0 Å². The molecule has 1 aliphatic heterocycles. The second-order valence-corrected chi connectivity index (χ2v) is 4.37. The molecule has 5 heteroatoms. The lowest BCUT2D eigenvalue weighted by Gasteiger charge is -2.25. The third kappa shape index (κ3) is 4.78. The van der Waals surface area contributed by atoms with Crippen molar-refractivity contribution in [2.24, 2.45) is 0 Å². The van der Waals surface area contributed by atoms with Gasteiger partial charge in [-0.1, -0.05) is 0 Å². The summed E-state index contributed by atoms with van der Waals surface area (Å²) in [6.45, 7) is 3.59. The largest absolute Gasteiger partial charge is 0.464 e. The quantitative estimate of drug-likeness (QED) is 0.553. The molecule has 1 rings (SSSR count). The number of rotatable bonds is 4. The fourth-order valence-corrected chi connectivity index (χ4v) is 2.23. The van der Waals surface area contributed by atoms with Gasteiger partial charge in [0.1, 0.15) is 6.61 Å². The Kier molecular flexibility index (Phi) is 5.66. The van der Waals surface area contributed by atoms with Crippen LogP contribution < -0.4 is 0 Å². The van der Waals surface area contributed by atoms with Gasteiger partial charge >= 0.3 is 5.97 Å². The molecule has 0 aromatic rings. The SMILES string of the molecule is O=C(CS)OCCN1CCSCC1. The summed E-state index contributed by atoms with van der Waals surface area (Å²) in [5, 5.41) is 0. The van der Waals surface area contributed by atoms with Crippen LogP contribution in [0.15, 0.2) is 0 Å². The number of esters is 1. The zero-order chi connectivity index (χ0) is 9.52. The maximum absolute atomic E-state index is 10.7. The maximum atomic E-state index is 10.7. The Bertz CT molecular complexity index is 160. The van der Waals surface area contributed by atoms with Crippen LogP contribution in [0.3, 0.4) is 0 Å². The number of thiol groups is 1. The van der Waals surface area contributed by atoms with Crippen molar-refractivity contribution in [3.63, 3.8) is 0 Å². The Labute approximate surface area is 88.6 Å². The molecule has 1 aliphatic rings. The Hall–Kier alpha value is 0.130. The summed E-state index contributed by atoms with van der Waals surface area (Å²) >= 11 is 5.81. The molecule has 0 saturated carbocycles. The topological polar surface area (TPSA) is 29.5 Å². The first-order valence-electron chi connectivity index (χ1n) is 4.39. The minimum atomic E-state index is -0.227. The van der Waals surface area contributed by atoms with Gasteiger partial charge in [-0.15, -0.1) is 0 Å². The Morgan fingerprint density at radius 1 is 1.46 bits per heavy atom. The van der Waals surface area contributed by atoms with Gasteiger partial charge in [-0.2, -0.15) is 24.4 Å². The van der Waals surface area contributed by atoms with Crippen molar-refractivity contribution in [1.29, 1.82) is 0 Å². The van der Waals surface area contributed by atoms with Crippen LogP contribution >= 0.6 is 24.4 Å². The van der Waals surface area contributed by atoms with E-state index in [1.165, 1.54) is 11.5 Å². The summed E-state index contributed by atoms with van der Waals surface area (Å²) in [5.41, 5.74) is 0. The molecule has 0 amide bonds. The number of nitrogens with zero attached hydrogens (tertiary/aromatic N) is 1. The number of ether oxygens (including phenoxy) is 1.